The summed E-state index contributed by atoms with van der Waals surface area (Å²) in [4.78, 5) is 39.1. The second-order valence-corrected chi connectivity index (χ2v) is 19.2. The fourth-order valence-corrected chi connectivity index (χ4v) is 8.91. The number of ether oxygens (including phenoxy) is 3. The first-order chi connectivity index (χ1) is 34.3. The molecule has 8 aromatic rings. The molecule has 4 N–H and O–H groups in total. The summed E-state index contributed by atoms with van der Waals surface area (Å²) in [5, 5.41) is 12.9. The van der Waals surface area contributed by atoms with Crippen LogP contribution in [0.15, 0.2) is 132 Å². The Morgan fingerprint density at radius 3 is 1.81 bits per heavy atom. The molecule has 0 radical (unpaired) electrons. The van der Waals surface area contributed by atoms with Gasteiger partial charge in [0, 0.05) is 88.0 Å². The molecule has 0 bridgehead atoms. The summed E-state index contributed by atoms with van der Waals surface area (Å²) in [7, 11) is 0. The molecule has 17 heteroatoms. The van der Waals surface area contributed by atoms with Crippen molar-refractivity contribution < 1.29 is 51.3 Å². The van der Waals surface area contributed by atoms with Gasteiger partial charge in [0.2, 0.25) is 5.91 Å². The number of nitrogens with one attached hydrogen (secondary N) is 1. The van der Waals surface area contributed by atoms with Gasteiger partial charge in [-0.3, -0.25) is 4.79 Å². The molecule has 0 aliphatic carbocycles. The highest BCUT2D eigenvalue weighted by Gasteiger charge is 2.23. The van der Waals surface area contributed by atoms with E-state index in [9.17, 15) is 37.1 Å². The first-order valence-electron chi connectivity index (χ1n) is 22.2. The molecule has 2 aromatic heterocycles. The van der Waals surface area contributed by atoms with Gasteiger partial charge in [0.1, 0.15) is 54.6 Å². The lowest BCUT2D eigenvalue weighted by molar-refractivity contribution is -0.118. The molecule has 0 atom stereocenters. The van der Waals surface area contributed by atoms with Gasteiger partial charge in [-0.05, 0) is 152 Å². The summed E-state index contributed by atoms with van der Waals surface area (Å²) in [6.45, 7) is 6.36. The lowest BCUT2D eigenvalue weighted by Gasteiger charge is -2.19. The Labute approximate surface area is 433 Å². The van der Waals surface area contributed by atoms with Crippen molar-refractivity contribution in [2.24, 2.45) is 5.92 Å². The number of rotatable bonds is 16. The van der Waals surface area contributed by atoms with Gasteiger partial charge in [-0.25, -0.2) is 27.2 Å². The van der Waals surface area contributed by atoms with Crippen molar-refractivity contribution in [3.63, 3.8) is 0 Å². The van der Waals surface area contributed by atoms with Crippen LogP contribution in [0, 0.1) is 46.6 Å². The molecule has 8 rings (SSSR count). The summed E-state index contributed by atoms with van der Waals surface area (Å²) in [5.41, 5.74) is 12.5. The monoisotopic (exact) mass is 1150 g/mol. The third kappa shape index (κ3) is 11.4. The zero-order valence-electron chi connectivity index (χ0n) is 39.0. The summed E-state index contributed by atoms with van der Waals surface area (Å²) in [6.07, 6.45) is 0. The van der Waals surface area contributed by atoms with Crippen molar-refractivity contribution in [1.82, 2.24) is 9.13 Å². The number of hydrogen-bond acceptors (Lipinski definition) is 7. The highest BCUT2D eigenvalue weighted by Crippen LogP contribution is 2.40. The number of aromatic carboxylic acids is 1. The van der Waals surface area contributed by atoms with Gasteiger partial charge in [-0.2, -0.15) is 0 Å². The predicted molar refractivity (Wildman–Crippen MR) is 278 cm³/mol. The first-order valence-corrected chi connectivity index (χ1v) is 24.1. The van der Waals surface area contributed by atoms with E-state index in [0.717, 1.165) is 27.5 Å². The number of carbonyl (C=O) groups is 3. The number of carboxylic acid groups (broad SMARTS) is 1. The van der Waals surface area contributed by atoms with Crippen LogP contribution in [0.3, 0.4) is 0 Å². The molecular weight excluding hydrogens is 1110 g/mol. The van der Waals surface area contributed by atoms with Gasteiger partial charge in [0.15, 0.2) is 0 Å². The van der Waals surface area contributed by atoms with Gasteiger partial charge in [-0.15, -0.1) is 0 Å². The Balaban J connectivity index is 1.11. The van der Waals surface area contributed by atoms with E-state index in [1.807, 2.05) is 48.7 Å². The van der Waals surface area contributed by atoms with E-state index in [2.05, 4.69) is 43.8 Å². The van der Waals surface area contributed by atoms with E-state index in [0.29, 0.717) is 55.4 Å². The van der Waals surface area contributed by atoms with Crippen LogP contribution in [0.4, 0.5) is 28.9 Å². The summed E-state index contributed by atoms with van der Waals surface area (Å²) in [6, 6.07) is 32.0. The molecular formula is C55H44BrF4IN4O7. The number of hydrogen-bond donors (Lipinski definition) is 3. The molecule has 368 valence electrons. The molecule has 0 saturated carbocycles. The number of halogens is 6. The van der Waals surface area contributed by atoms with Crippen molar-refractivity contribution >= 4 is 67.7 Å². The number of benzene rings is 6. The number of nitrogens with zero attached hydrogens (tertiary/aromatic N) is 2. The van der Waals surface area contributed by atoms with Gasteiger partial charge in [0.25, 0.3) is 0 Å². The normalized spacial score (nSPS) is 11.2. The molecule has 0 unspecified atom stereocenters. The molecule has 0 saturated heterocycles. The standard InChI is InChI=1S/C55H44BrF4IN4O7/c1-29(2)53(66)63-41-16-34(54(67)68)17-43(24-41)65-31(4)6-13-50(65)45-25-46(56)36(19-52(45)71-27-33-8-10-38(58)21-48(33)60)28-72-55(69)35-15-40(62)23-42(18-35)64-30(3)5-12-49(64)44-22-39(61)11-14-51(44)70-26-32-7-9-37(57)20-47(32)59/h5-25,29H,26-28,62H2,1-4H3,(H,63,66)(H,67,68). The minimum Gasteiger partial charge on any atom is -0.488 e. The molecule has 72 heavy (non-hydrogen) atoms. The van der Waals surface area contributed by atoms with E-state index >= 15 is 0 Å². The molecule has 6 aromatic carbocycles. The number of amides is 1. The highest BCUT2D eigenvalue weighted by atomic mass is 127. The van der Waals surface area contributed by atoms with Crippen LogP contribution < -0.4 is 20.5 Å². The molecule has 0 aliphatic rings. The van der Waals surface area contributed by atoms with Crippen LogP contribution in [0.5, 0.6) is 11.5 Å². The van der Waals surface area contributed by atoms with Crippen molar-refractivity contribution in [1.29, 1.82) is 0 Å². The Bertz CT molecular complexity index is 3430. The van der Waals surface area contributed by atoms with E-state index in [4.69, 9.17) is 19.9 Å². The second-order valence-electron chi connectivity index (χ2n) is 17.1. The Morgan fingerprint density at radius 2 is 1.22 bits per heavy atom. The Hall–Kier alpha value is -7.38. The van der Waals surface area contributed by atoms with Crippen LogP contribution in [0.25, 0.3) is 33.9 Å². The van der Waals surface area contributed by atoms with Crippen LogP contribution in [-0.2, 0) is 29.4 Å². The maximum Gasteiger partial charge on any atom is 0.338 e. The summed E-state index contributed by atoms with van der Waals surface area (Å²) >= 11 is 5.83. The van der Waals surface area contributed by atoms with Gasteiger partial charge >= 0.3 is 11.9 Å². The lowest BCUT2D eigenvalue weighted by Crippen LogP contribution is -2.18. The number of carboxylic acids is 1. The first kappa shape index (κ1) is 51.0. The molecule has 0 aliphatic heterocycles. The fraction of sp³-hybridized carbons (Fsp3) is 0.145. The average Bonchev–Trinajstić information content (AvgIpc) is 3.92. The quantitative estimate of drug-likeness (QED) is 0.0375. The number of carbonyl (C=O) groups excluding carboxylic acids is 2. The number of esters is 1. The number of aromatic nitrogens is 2. The summed E-state index contributed by atoms with van der Waals surface area (Å²) in [5.74, 6) is -4.99. The number of aryl methyl sites for hydroxylation is 2. The van der Waals surface area contributed by atoms with E-state index in [-0.39, 0.29) is 71.0 Å². The van der Waals surface area contributed by atoms with Crippen LogP contribution in [0.2, 0.25) is 0 Å². The topological polar surface area (TPSA) is 147 Å². The minimum atomic E-state index is -1.21. The SMILES string of the molecule is Cc1ccc(-c2cc(I)ccc2OCc2ccc(F)cc2F)n1-c1cc(N)cc(C(=O)OCc2cc(OCc3ccc(F)cc3F)c(-c3ccc(C)n3-c3cc(NC(=O)C(C)C)cc(C(=O)O)c3)cc2Br)c1. The van der Waals surface area contributed by atoms with E-state index in [1.165, 1.54) is 36.4 Å². The van der Waals surface area contributed by atoms with Gasteiger partial charge in [0.05, 0.1) is 22.5 Å². The lowest BCUT2D eigenvalue weighted by atomic mass is 10.1. The average molecular weight is 1160 g/mol. The number of nitrogen functional groups attached to an aromatic ring is 1. The van der Waals surface area contributed by atoms with Crippen LogP contribution in [-0.4, -0.2) is 32.1 Å². The van der Waals surface area contributed by atoms with E-state index in [1.54, 1.807) is 60.9 Å². The second kappa shape index (κ2) is 21.5. The Kier molecular flexibility index (Phi) is 15.3. The highest BCUT2D eigenvalue weighted by molar-refractivity contribution is 14.1. The molecule has 1 amide bonds. The van der Waals surface area contributed by atoms with Crippen molar-refractivity contribution in [3.05, 3.63) is 198 Å². The summed E-state index contributed by atoms with van der Waals surface area (Å²) < 4.78 is 80.5. The molecule has 2 heterocycles. The smallest absolute Gasteiger partial charge is 0.338 e. The maximum atomic E-state index is 15.0. The fourth-order valence-electron chi connectivity index (χ4n) is 7.96. The van der Waals surface area contributed by atoms with E-state index < -0.39 is 35.2 Å². The van der Waals surface area contributed by atoms with Crippen molar-refractivity contribution in [2.75, 3.05) is 11.1 Å². The minimum absolute atomic E-state index is 0.0641. The molecule has 0 spiro atoms. The number of anilines is 2. The van der Waals surface area contributed by atoms with Crippen molar-refractivity contribution in [3.8, 4) is 45.4 Å². The zero-order chi connectivity index (χ0) is 51.5. The molecule has 11 nitrogen and oxygen atoms in total. The van der Waals surface area contributed by atoms with Crippen LogP contribution in [0.1, 0.15) is 62.6 Å². The van der Waals surface area contributed by atoms with Gasteiger partial charge in [-0.1, -0.05) is 29.8 Å². The number of nitrogens with two attached hydrogens (primary N) is 1. The predicted octanol–water partition coefficient (Wildman–Crippen LogP) is 13.5. The third-order valence-electron chi connectivity index (χ3n) is 11.6. The largest absolute Gasteiger partial charge is 0.488 e. The van der Waals surface area contributed by atoms with Gasteiger partial charge < -0.3 is 39.5 Å². The third-order valence-corrected chi connectivity index (χ3v) is 13.0. The molecule has 0 fully saturated rings. The van der Waals surface area contributed by atoms with Crippen molar-refractivity contribution in [2.45, 2.75) is 47.5 Å². The van der Waals surface area contributed by atoms with Crippen LogP contribution >= 0.6 is 38.5 Å². The zero-order valence-corrected chi connectivity index (χ0v) is 42.7. The Morgan fingerprint density at radius 1 is 0.653 bits per heavy atom. The maximum absolute atomic E-state index is 15.0.